The van der Waals surface area contributed by atoms with Crippen LogP contribution in [-0.2, 0) is 10.0 Å². The number of rotatable bonds is 4. The molecular formula is C17H18ClN3O4S. The van der Waals surface area contributed by atoms with Crippen LogP contribution in [0.5, 0.6) is 0 Å². The Morgan fingerprint density at radius 2 is 1.65 bits per heavy atom. The highest BCUT2D eigenvalue weighted by Gasteiger charge is 2.29. The molecule has 1 aliphatic rings. The average Bonchev–Trinajstić information content (AvgIpc) is 2.62. The molecule has 0 unspecified atom stereocenters. The predicted octanol–water partition coefficient (Wildman–Crippen LogP) is 3.07. The lowest BCUT2D eigenvalue weighted by atomic mass is 10.1. The van der Waals surface area contributed by atoms with Gasteiger partial charge in [0.15, 0.2) is 0 Å². The van der Waals surface area contributed by atoms with E-state index in [0.29, 0.717) is 31.2 Å². The molecule has 0 radical (unpaired) electrons. The van der Waals surface area contributed by atoms with Gasteiger partial charge in [-0.15, -0.1) is 0 Å². The predicted molar refractivity (Wildman–Crippen MR) is 100 cm³/mol. The second-order valence-corrected chi connectivity index (χ2v) is 8.45. The van der Waals surface area contributed by atoms with E-state index < -0.39 is 14.9 Å². The van der Waals surface area contributed by atoms with Crippen molar-refractivity contribution in [2.45, 2.75) is 11.8 Å². The van der Waals surface area contributed by atoms with Crippen molar-refractivity contribution in [3.63, 3.8) is 0 Å². The highest BCUT2D eigenvalue weighted by atomic mass is 35.5. The zero-order valence-corrected chi connectivity index (χ0v) is 15.7. The molecule has 0 bridgehead atoms. The summed E-state index contributed by atoms with van der Waals surface area (Å²) in [6.45, 7) is 3.55. The molecule has 2 aromatic rings. The van der Waals surface area contributed by atoms with Crippen LogP contribution in [0.1, 0.15) is 5.56 Å². The Hall–Kier alpha value is -2.16. The molecule has 0 amide bonds. The van der Waals surface area contributed by atoms with Crippen LogP contribution in [0.4, 0.5) is 11.4 Å². The summed E-state index contributed by atoms with van der Waals surface area (Å²) in [7, 11) is -3.55. The Balaban J connectivity index is 1.73. The third-order valence-electron chi connectivity index (χ3n) is 4.42. The van der Waals surface area contributed by atoms with Crippen molar-refractivity contribution in [1.82, 2.24) is 4.31 Å². The number of piperazine rings is 1. The number of hydrogen-bond donors (Lipinski definition) is 0. The monoisotopic (exact) mass is 395 g/mol. The molecule has 0 N–H and O–H groups in total. The summed E-state index contributed by atoms with van der Waals surface area (Å²) in [4.78, 5) is 12.7. The van der Waals surface area contributed by atoms with Crippen molar-refractivity contribution in [2.75, 3.05) is 31.1 Å². The molecule has 0 saturated carbocycles. The minimum atomic E-state index is -3.55. The average molecular weight is 396 g/mol. The van der Waals surface area contributed by atoms with Gasteiger partial charge in [0.1, 0.15) is 0 Å². The molecular weight excluding hydrogens is 378 g/mol. The van der Waals surface area contributed by atoms with Gasteiger partial charge in [-0.05, 0) is 42.8 Å². The number of nitro benzene ring substituents is 1. The van der Waals surface area contributed by atoms with Crippen molar-refractivity contribution >= 4 is 33.0 Å². The molecule has 0 aromatic heterocycles. The first kappa shape index (κ1) is 18.6. The number of benzene rings is 2. The summed E-state index contributed by atoms with van der Waals surface area (Å²) in [5, 5.41) is 11.3. The SMILES string of the molecule is Cc1cc([N+](=O)[O-])ccc1N1CCN(S(=O)(=O)c2ccc(Cl)cc2)CC1. The van der Waals surface area contributed by atoms with Crippen LogP contribution in [0.25, 0.3) is 0 Å². The summed E-state index contributed by atoms with van der Waals surface area (Å²) >= 11 is 5.82. The van der Waals surface area contributed by atoms with Crippen LogP contribution in [0.3, 0.4) is 0 Å². The summed E-state index contributed by atoms with van der Waals surface area (Å²) in [5.74, 6) is 0. The van der Waals surface area contributed by atoms with Gasteiger partial charge < -0.3 is 4.90 Å². The normalized spacial score (nSPS) is 15.8. The zero-order chi connectivity index (χ0) is 18.9. The zero-order valence-electron chi connectivity index (χ0n) is 14.1. The van der Waals surface area contributed by atoms with Gasteiger partial charge in [0.2, 0.25) is 10.0 Å². The first-order valence-electron chi connectivity index (χ1n) is 8.05. The molecule has 0 aliphatic carbocycles. The van der Waals surface area contributed by atoms with E-state index in [1.54, 1.807) is 18.2 Å². The number of aryl methyl sites for hydroxylation is 1. The van der Waals surface area contributed by atoms with Gasteiger partial charge in [-0.1, -0.05) is 11.6 Å². The van der Waals surface area contributed by atoms with Gasteiger partial charge in [-0.3, -0.25) is 10.1 Å². The minimum absolute atomic E-state index is 0.0511. The standard InChI is InChI=1S/C17H18ClN3O4S/c1-13-12-15(21(22)23)4-7-17(13)19-8-10-20(11-9-19)26(24,25)16-5-2-14(18)3-6-16/h2-7,12H,8-11H2,1H3. The van der Waals surface area contributed by atoms with Gasteiger partial charge in [0.25, 0.3) is 5.69 Å². The van der Waals surface area contributed by atoms with E-state index in [2.05, 4.69) is 0 Å². The van der Waals surface area contributed by atoms with Crippen molar-refractivity contribution in [1.29, 1.82) is 0 Å². The molecule has 3 rings (SSSR count). The Kier molecular flexibility index (Phi) is 5.17. The summed E-state index contributed by atoms with van der Waals surface area (Å²) in [6.07, 6.45) is 0. The number of sulfonamides is 1. The van der Waals surface area contributed by atoms with Crippen LogP contribution >= 0.6 is 11.6 Å². The van der Waals surface area contributed by atoms with Gasteiger partial charge in [-0.2, -0.15) is 4.31 Å². The van der Waals surface area contributed by atoms with Crippen molar-refractivity contribution in [3.05, 3.63) is 63.2 Å². The van der Waals surface area contributed by atoms with E-state index in [9.17, 15) is 18.5 Å². The maximum Gasteiger partial charge on any atom is 0.269 e. The highest BCUT2D eigenvalue weighted by Crippen LogP contribution is 2.27. The van der Waals surface area contributed by atoms with Crippen LogP contribution in [0.2, 0.25) is 5.02 Å². The Labute approximate surface area is 157 Å². The highest BCUT2D eigenvalue weighted by molar-refractivity contribution is 7.89. The second kappa shape index (κ2) is 7.22. The molecule has 26 heavy (non-hydrogen) atoms. The van der Waals surface area contributed by atoms with E-state index in [4.69, 9.17) is 11.6 Å². The molecule has 1 heterocycles. The van der Waals surface area contributed by atoms with Crippen molar-refractivity contribution in [3.8, 4) is 0 Å². The fourth-order valence-electron chi connectivity index (χ4n) is 3.03. The number of nitrogens with zero attached hydrogens (tertiary/aromatic N) is 3. The van der Waals surface area contributed by atoms with Crippen molar-refractivity contribution in [2.24, 2.45) is 0 Å². The third-order valence-corrected chi connectivity index (χ3v) is 6.59. The Bertz CT molecular complexity index is 924. The maximum atomic E-state index is 12.7. The van der Waals surface area contributed by atoms with Crippen molar-refractivity contribution < 1.29 is 13.3 Å². The molecule has 1 saturated heterocycles. The smallest absolute Gasteiger partial charge is 0.269 e. The van der Waals surface area contributed by atoms with Crippen LogP contribution < -0.4 is 4.90 Å². The minimum Gasteiger partial charge on any atom is -0.369 e. The molecule has 1 aliphatic heterocycles. The van der Waals surface area contributed by atoms with Gasteiger partial charge in [0, 0.05) is 49.0 Å². The van der Waals surface area contributed by atoms with Gasteiger partial charge in [0.05, 0.1) is 9.82 Å². The molecule has 0 atom stereocenters. The van der Waals surface area contributed by atoms with E-state index >= 15 is 0 Å². The molecule has 138 valence electrons. The Morgan fingerprint density at radius 1 is 1.04 bits per heavy atom. The first-order valence-corrected chi connectivity index (χ1v) is 9.86. The first-order chi connectivity index (χ1) is 12.3. The largest absolute Gasteiger partial charge is 0.369 e. The summed E-state index contributed by atoms with van der Waals surface area (Å²) in [6, 6.07) is 10.9. The number of anilines is 1. The molecule has 0 spiro atoms. The number of nitro groups is 1. The quantitative estimate of drug-likeness (QED) is 0.586. The van der Waals surface area contributed by atoms with Crippen LogP contribution in [-0.4, -0.2) is 43.8 Å². The lowest BCUT2D eigenvalue weighted by Gasteiger charge is -2.36. The Morgan fingerprint density at radius 3 is 2.19 bits per heavy atom. The van der Waals surface area contributed by atoms with Gasteiger partial charge in [-0.25, -0.2) is 8.42 Å². The molecule has 9 heteroatoms. The number of hydrogen-bond acceptors (Lipinski definition) is 5. The fourth-order valence-corrected chi connectivity index (χ4v) is 4.58. The van der Waals surface area contributed by atoms with Gasteiger partial charge >= 0.3 is 0 Å². The van der Waals surface area contributed by atoms with E-state index in [1.807, 2.05) is 11.8 Å². The number of non-ortho nitro benzene ring substituents is 1. The van der Waals surface area contributed by atoms with Crippen LogP contribution in [0.15, 0.2) is 47.4 Å². The summed E-state index contributed by atoms with van der Waals surface area (Å²) < 4.78 is 26.9. The summed E-state index contributed by atoms with van der Waals surface area (Å²) in [5.41, 5.74) is 1.74. The topological polar surface area (TPSA) is 83.8 Å². The van der Waals surface area contributed by atoms with Crippen LogP contribution in [0, 0.1) is 17.0 Å². The molecule has 1 fully saturated rings. The molecule has 2 aromatic carbocycles. The maximum absolute atomic E-state index is 12.7. The number of halogens is 1. The third kappa shape index (κ3) is 3.67. The molecule has 7 nitrogen and oxygen atoms in total. The fraction of sp³-hybridized carbons (Fsp3) is 0.294. The van der Waals surface area contributed by atoms with E-state index in [1.165, 1.54) is 28.6 Å². The lowest BCUT2D eigenvalue weighted by molar-refractivity contribution is -0.384. The van der Waals surface area contributed by atoms with E-state index in [0.717, 1.165) is 11.3 Å². The lowest BCUT2D eigenvalue weighted by Crippen LogP contribution is -2.48. The van der Waals surface area contributed by atoms with E-state index in [-0.39, 0.29) is 10.6 Å². The second-order valence-electron chi connectivity index (χ2n) is 6.07.